The number of aryl methyl sites for hydroxylation is 2. The maximum Gasteiger partial charge on any atom is 0.315 e. The molecule has 1 heterocycles. The summed E-state index contributed by atoms with van der Waals surface area (Å²) in [4.78, 5) is 12.3. The van der Waals surface area contributed by atoms with Gasteiger partial charge in [-0.15, -0.1) is 0 Å². The molecule has 1 unspecified atom stereocenters. The van der Waals surface area contributed by atoms with Gasteiger partial charge in [-0.3, -0.25) is 4.68 Å². The standard InChI is InChI=1S/C21H30N4O2/c1-15-20(16(2)25(24-15)11-12-27-3)14-23-21(26)22-13-18-9-6-8-17-7-4-5-10-19(17)18/h4-5,7,10,18H,6,8-9,11-14H2,1-3H3,(H2,22,23,26). The first kappa shape index (κ1) is 19.4. The molecule has 0 radical (unpaired) electrons. The van der Waals surface area contributed by atoms with Crippen molar-refractivity contribution in [3.63, 3.8) is 0 Å². The van der Waals surface area contributed by atoms with Crippen LogP contribution in [-0.2, 0) is 24.2 Å². The number of urea groups is 1. The zero-order chi connectivity index (χ0) is 19.2. The number of methoxy groups -OCH3 is 1. The number of hydrogen-bond donors (Lipinski definition) is 2. The number of rotatable bonds is 7. The van der Waals surface area contributed by atoms with Crippen molar-refractivity contribution in [3.8, 4) is 0 Å². The largest absolute Gasteiger partial charge is 0.383 e. The number of benzene rings is 1. The lowest BCUT2D eigenvalue weighted by Gasteiger charge is -2.25. The number of fused-ring (bicyclic) bond motifs is 1. The quantitative estimate of drug-likeness (QED) is 0.787. The molecule has 0 aliphatic heterocycles. The van der Waals surface area contributed by atoms with Crippen molar-refractivity contribution in [2.24, 2.45) is 0 Å². The number of aromatic nitrogens is 2. The van der Waals surface area contributed by atoms with Crippen LogP contribution in [0.25, 0.3) is 0 Å². The molecule has 146 valence electrons. The number of nitrogens with one attached hydrogen (secondary N) is 2. The maximum atomic E-state index is 12.3. The van der Waals surface area contributed by atoms with Gasteiger partial charge in [-0.1, -0.05) is 24.3 Å². The van der Waals surface area contributed by atoms with Crippen LogP contribution in [0.3, 0.4) is 0 Å². The molecule has 1 aromatic heterocycles. The zero-order valence-corrected chi connectivity index (χ0v) is 16.5. The molecule has 6 heteroatoms. The predicted molar refractivity (Wildman–Crippen MR) is 106 cm³/mol. The van der Waals surface area contributed by atoms with Crippen molar-refractivity contribution in [2.75, 3.05) is 20.3 Å². The Morgan fingerprint density at radius 3 is 2.93 bits per heavy atom. The van der Waals surface area contributed by atoms with E-state index in [4.69, 9.17) is 4.74 Å². The van der Waals surface area contributed by atoms with Crippen LogP contribution in [0, 0.1) is 13.8 Å². The smallest absolute Gasteiger partial charge is 0.315 e. The monoisotopic (exact) mass is 370 g/mol. The molecule has 3 rings (SSSR count). The summed E-state index contributed by atoms with van der Waals surface area (Å²) in [7, 11) is 1.68. The van der Waals surface area contributed by atoms with Crippen LogP contribution < -0.4 is 10.6 Å². The van der Waals surface area contributed by atoms with E-state index >= 15 is 0 Å². The summed E-state index contributed by atoms with van der Waals surface area (Å²) in [5.41, 5.74) is 5.90. The van der Waals surface area contributed by atoms with E-state index in [0.29, 0.717) is 25.6 Å². The average Bonchev–Trinajstić information content (AvgIpc) is 2.96. The first-order valence-corrected chi connectivity index (χ1v) is 9.71. The minimum absolute atomic E-state index is 0.124. The summed E-state index contributed by atoms with van der Waals surface area (Å²) < 4.78 is 7.06. The van der Waals surface area contributed by atoms with Gasteiger partial charge in [-0.2, -0.15) is 5.10 Å². The van der Waals surface area contributed by atoms with Crippen molar-refractivity contribution < 1.29 is 9.53 Å². The zero-order valence-electron chi connectivity index (χ0n) is 16.5. The van der Waals surface area contributed by atoms with Gasteiger partial charge in [0.25, 0.3) is 0 Å². The van der Waals surface area contributed by atoms with Crippen LogP contribution in [0.15, 0.2) is 24.3 Å². The molecule has 0 saturated heterocycles. The Morgan fingerprint density at radius 1 is 1.30 bits per heavy atom. The van der Waals surface area contributed by atoms with Crippen LogP contribution in [0.4, 0.5) is 4.79 Å². The minimum Gasteiger partial charge on any atom is -0.383 e. The van der Waals surface area contributed by atoms with Gasteiger partial charge < -0.3 is 15.4 Å². The van der Waals surface area contributed by atoms with Crippen LogP contribution in [0.2, 0.25) is 0 Å². The maximum absolute atomic E-state index is 12.3. The molecule has 1 aliphatic carbocycles. The molecule has 1 aromatic carbocycles. The molecule has 2 N–H and O–H groups in total. The second-order valence-corrected chi connectivity index (χ2v) is 7.22. The lowest BCUT2D eigenvalue weighted by atomic mass is 9.83. The first-order chi connectivity index (χ1) is 13.1. The fourth-order valence-electron chi connectivity index (χ4n) is 3.90. The van der Waals surface area contributed by atoms with E-state index in [1.54, 1.807) is 7.11 Å². The molecule has 0 fully saturated rings. The Hall–Kier alpha value is -2.34. The predicted octanol–water partition coefficient (Wildman–Crippen LogP) is 3.07. The highest BCUT2D eigenvalue weighted by Gasteiger charge is 2.20. The van der Waals surface area contributed by atoms with E-state index in [9.17, 15) is 4.79 Å². The Labute approximate surface area is 161 Å². The van der Waals surface area contributed by atoms with Gasteiger partial charge >= 0.3 is 6.03 Å². The van der Waals surface area contributed by atoms with Gasteiger partial charge in [0, 0.05) is 37.4 Å². The Balaban J connectivity index is 1.52. The number of ether oxygens (including phenoxy) is 1. The van der Waals surface area contributed by atoms with E-state index < -0.39 is 0 Å². The third-order valence-electron chi connectivity index (χ3n) is 5.47. The highest BCUT2D eigenvalue weighted by Crippen LogP contribution is 2.30. The van der Waals surface area contributed by atoms with Gasteiger partial charge in [0.05, 0.1) is 18.8 Å². The molecule has 0 bridgehead atoms. The molecular formula is C21H30N4O2. The number of amides is 2. The van der Waals surface area contributed by atoms with Crippen molar-refractivity contribution in [2.45, 2.75) is 52.1 Å². The van der Waals surface area contributed by atoms with Crippen molar-refractivity contribution >= 4 is 6.03 Å². The van der Waals surface area contributed by atoms with Crippen LogP contribution in [-0.4, -0.2) is 36.1 Å². The van der Waals surface area contributed by atoms with Crippen LogP contribution in [0.5, 0.6) is 0 Å². The highest BCUT2D eigenvalue weighted by molar-refractivity contribution is 5.74. The Morgan fingerprint density at radius 2 is 2.11 bits per heavy atom. The summed E-state index contributed by atoms with van der Waals surface area (Å²) in [5, 5.41) is 10.6. The molecule has 6 nitrogen and oxygen atoms in total. The summed E-state index contributed by atoms with van der Waals surface area (Å²) in [6, 6.07) is 8.46. The third kappa shape index (κ3) is 4.69. The van der Waals surface area contributed by atoms with E-state index in [0.717, 1.165) is 36.3 Å². The second-order valence-electron chi connectivity index (χ2n) is 7.22. The van der Waals surface area contributed by atoms with Crippen molar-refractivity contribution in [1.82, 2.24) is 20.4 Å². The van der Waals surface area contributed by atoms with Crippen LogP contribution >= 0.6 is 0 Å². The highest BCUT2D eigenvalue weighted by atomic mass is 16.5. The summed E-state index contributed by atoms with van der Waals surface area (Å²) in [5.74, 6) is 0.404. The van der Waals surface area contributed by atoms with E-state index in [1.807, 2.05) is 18.5 Å². The Bertz CT molecular complexity index is 784. The number of carbonyl (C=O) groups excluding carboxylic acids is 1. The normalized spacial score (nSPS) is 16.0. The van der Waals surface area contributed by atoms with E-state index in [2.05, 4.69) is 40.0 Å². The molecule has 27 heavy (non-hydrogen) atoms. The third-order valence-corrected chi connectivity index (χ3v) is 5.47. The van der Waals surface area contributed by atoms with Gasteiger partial charge in [-0.25, -0.2) is 4.79 Å². The Kier molecular flexibility index (Phi) is 6.50. The molecule has 1 aliphatic rings. The van der Waals surface area contributed by atoms with Gasteiger partial charge in [0.15, 0.2) is 0 Å². The molecule has 0 spiro atoms. The van der Waals surface area contributed by atoms with E-state index in [1.165, 1.54) is 17.5 Å². The number of carbonyl (C=O) groups is 1. The lowest BCUT2D eigenvalue weighted by Crippen LogP contribution is -2.38. The van der Waals surface area contributed by atoms with E-state index in [-0.39, 0.29) is 6.03 Å². The first-order valence-electron chi connectivity index (χ1n) is 9.71. The lowest BCUT2D eigenvalue weighted by molar-refractivity contribution is 0.182. The van der Waals surface area contributed by atoms with Gasteiger partial charge in [-0.05, 0) is 44.2 Å². The molecule has 2 aromatic rings. The molecule has 2 amide bonds. The summed E-state index contributed by atoms with van der Waals surface area (Å²) in [6.07, 6.45) is 3.45. The van der Waals surface area contributed by atoms with Crippen molar-refractivity contribution in [3.05, 3.63) is 52.3 Å². The van der Waals surface area contributed by atoms with Crippen LogP contribution in [0.1, 0.15) is 46.8 Å². The number of hydrogen-bond acceptors (Lipinski definition) is 3. The summed E-state index contributed by atoms with van der Waals surface area (Å²) in [6.45, 7) is 6.51. The fourth-order valence-corrected chi connectivity index (χ4v) is 3.90. The SMILES string of the molecule is COCCn1nc(C)c(CNC(=O)NCC2CCCc3ccccc32)c1C. The van der Waals surface area contributed by atoms with Gasteiger partial charge in [0.2, 0.25) is 0 Å². The van der Waals surface area contributed by atoms with Crippen molar-refractivity contribution in [1.29, 1.82) is 0 Å². The van der Waals surface area contributed by atoms with Gasteiger partial charge in [0.1, 0.15) is 0 Å². The molecule has 1 atom stereocenters. The topological polar surface area (TPSA) is 68.2 Å². The molecule has 0 saturated carbocycles. The fraction of sp³-hybridized carbons (Fsp3) is 0.524. The summed E-state index contributed by atoms with van der Waals surface area (Å²) >= 11 is 0. The average molecular weight is 370 g/mol. The number of nitrogens with zero attached hydrogens (tertiary/aromatic N) is 2. The second kappa shape index (κ2) is 9.04. The minimum atomic E-state index is -0.124. The molecular weight excluding hydrogens is 340 g/mol.